The smallest absolute Gasteiger partial charge is 0.317 e. The van der Waals surface area contributed by atoms with Gasteiger partial charge >= 0.3 is 6.03 Å². The fourth-order valence-electron chi connectivity index (χ4n) is 3.23. The molecule has 128 valence electrons. The van der Waals surface area contributed by atoms with Gasteiger partial charge in [-0.2, -0.15) is 0 Å². The lowest BCUT2D eigenvalue weighted by atomic mass is 10.1. The van der Waals surface area contributed by atoms with Crippen LogP contribution in [-0.2, 0) is 6.54 Å². The van der Waals surface area contributed by atoms with E-state index in [1.807, 2.05) is 43.9 Å². The fraction of sp³-hybridized carbons (Fsp3) is 0.611. The molecule has 1 heterocycles. The molecule has 1 fully saturated rings. The number of hydrogen-bond donors (Lipinski definition) is 2. The molecule has 5 heteroatoms. The second-order valence-electron chi connectivity index (χ2n) is 6.52. The van der Waals surface area contributed by atoms with Crippen molar-refractivity contribution in [3.63, 3.8) is 0 Å². The first-order valence-corrected chi connectivity index (χ1v) is 8.51. The van der Waals surface area contributed by atoms with Crippen molar-refractivity contribution in [2.24, 2.45) is 0 Å². The summed E-state index contributed by atoms with van der Waals surface area (Å²) in [7, 11) is 0. The number of carbonyl (C=O) groups excluding carboxylic acids is 1. The van der Waals surface area contributed by atoms with Gasteiger partial charge in [0.2, 0.25) is 0 Å². The highest BCUT2D eigenvalue weighted by Crippen LogP contribution is 2.20. The summed E-state index contributed by atoms with van der Waals surface area (Å²) in [5.41, 5.74) is 1.23. The molecule has 2 N–H and O–H groups in total. The highest BCUT2D eigenvalue weighted by Gasteiger charge is 2.31. The monoisotopic (exact) mass is 319 g/mol. The Morgan fingerprint density at radius 3 is 2.70 bits per heavy atom. The number of aliphatic hydroxyl groups excluding tert-OH is 1. The summed E-state index contributed by atoms with van der Waals surface area (Å²) in [6, 6.07) is 10.6. The molecule has 0 saturated carbocycles. The van der Waals surface area contributed by atoms with E-state index in [0.29, 0.717) is 26.1 Å². The minimum Gasteiger partial charge on any atom is -0.392 e. The number of urea groups is 1. The Morgan fingerprint density at radius 2 is 2.09 bits per heavy atom. The van der Waals surface area contributed by atoms with Crippen LogP contribution in [0.25, 0.3) is 0 Å². The molecule has 2 rings (SSSR count). The number of aliphatic hydroxyl groups is 1. The van der Waals surface area contributed by atoms with Gasteiger partial charge in [0.05, 0.1) is 6.10 Å². The van der Waals surface area contributed by atoms with E-state index in [2.05, 4.69) is 22.3 Å². The highest BCUT2D eigenvalue weighted by atomic mass is 16.3. The molecule has 0 spiro atoms. The fourth-order valence-corrected chi connectivity index (χ4v) is 3.23. The van der Waals surface area contributed by atoms with Gasteiger partial charge in [-0.1, -0.05) is 30.3 Å². The molecular formula is C18H29N3O2. The van der Waals surface area contributed by atoms with Crippen LogP contribution in [0.3, 0.4) is 0 Å². The maximum absolute atomic E-state index is 12.3. The van der Waals surface area contributed by atoms with Gasteiger partial charge in [0, 0.05) is 38.3 Å². The van der Waals surface area contributed by atoms with E-state index in [0.717, 1.165) is 6.54 Å². The Kier molecular flexibility index (Phi) is 6.42. The van der Waals surface area contributed by atoms with Gasteiger partial charge < -0.3 is 15.3 Å². The lowest BCUT2D eigenvalue weighted by molar-refractivity contribution is 0.170. The summed E-state index contributed by atoms with van der Waals surface area (Å²) in [6.45, 7) is 8.77. The summed E-state index contributed by atoms with van der Waals surface area (Å²) in [4.78, 5) is 16.3. The van der Waals surface area contributed by atoms with Gasteiger partial charge in [0.25, 0.3) is 0 Å². The van der Waals surface area contributed by atoms with Crippen molar-refractivity contribution in [3.05, 3.63) is 35.9 Å². The van der Waals surface area contributed by atoms with Gasteiger partial charge in [0.15, 0.2) is 0 Å². The first-order chi connectivity index (χ1) is 11.0. The molecule has 1 aromatic carbocycles. The number of β-amino-alcohol motifs (C(OH)–C–C–N with tert-alkyl or cyclic N) is 1. The predicted octanol–water partition coefficient (Wildman–Crippen LogP) is 2.06. The summed E-state index contributed by atoms with van der Waals surface area (Å²) >= 11 is 0. The van der Waals surface area contributed by atoms with Crippen LogP contribution in [0.15, 0.2) is 30.3 Å². The normalized spacial score (nSPS) is 21.6. The molecule has 1 aromatic rings. The van der Waals surface area contributed by atoms with Crippen LogP contribution >= 0.6 is 0 Å². The molecule has 5 nitrogen and oxygen atoms in total. The largest absolute Gasteiger partial charge is 0.392 e. The predicted molar refractivity (Wildman–Crippen MR) is 92.2 cm³/mol. The maximum atomic E-state index is 12.3. The first-order valence-electron chi connectivity index (χ1n) is 8.51. The van der Waals surface area contributed by atoms with Crippen molar-refractivity contribution < 1.29 is 9.90 Å². The van der Waals surface area contributed by atoms with E-state index in [4.69, 9.17) is 0 Å². The average Bonchev–Trinajstić information content (AvgIpc) is 2.86. The van der Waals surface area contributed by atoms with Gasteiger partial charge in [-0.15, -0.1) is 0 Å². The molecule has 1 saturated heterocycles. The molecule has 2 amide bonds. The van der Waals surface area contributed by atoms with Crippen LogP contribution in [0.2, 0.25) is 0 Å². The zero-order chi connectivity index (χ0) is 16.8. The lowest BCUT2D eigenvalue weighted by Gasteiger charge is -2.28. The molecule has 1 aliphatic heterocycles. The molecule has 23 heavy (non-hydrogen) atoms. The number of rotatable bonds is 6. The molecule has 0 radical (unpaired) electrons. The summed E-state index contributed by atoms with van der Waals surface area (Å²) in [5, 5.41) is 13.0. The van der Waals surface area contributed by atoms with Crippen LogP contribution in [-0.4, -0.2) is 58.8 Å². The van der Waals surface area contributed by atoms with Crippen molar-refractivity contribution in [3.8, 4) is 0 Å². The van der Waals surface area contributed by atoms with E-state index < -0.39 is 0 Å². The number of carbonyl (C=O) groups is 1. The van der Waals surface area contributed by atoms with E-state index in [-0.39, 0.29) is 24.2 Å². The number of benzene rings is 1. The van der Waals surface area contributed by atoms with Gasteiger partial charge in [-0.25, -0.2) is 4.79 Å². The quantitative estimate of drug-likeness (QED) is 0.844. The average molecular weight is 319 g/mol. The van der Waals surface area contributed by atoms with Crippen LogP contribution in [0.5, 0.6) is 0 Å². The zero-order valence-electron chi connectivity index (χ0n) is 14.4. The van der Waals surface area contributed by atoms with Crippen molar-refractivity contribution in [2.75, 3.05) is 19.6 Å². The van der Waals surface area contributed by atoms with Crippen LogP contribution in [0.1, 0.15) is 32.8 Å². The maximum Gasteiger partial charge on any atom is 0.317 e. The number of hydrogen-bond acceptors (Lipinski definition) is 3. The van der Waals surface area contributed by atoms with Crippen molar-refractivity contribution in [1.29, 1.82) is 0 Å². The van der Waals surface area contributed by atoms with Crippen LogP contribution in [0, 0.1) is 0 Å². The second kappa shape index (κ2) is 8.31. The molecular weight excluding hydrogens is 290 g/mol. The van der Waals surface area contributed by atoms with E-state index in [1.165, 1.54) is 5.56 Å². The van der Waals surface area contributed by atoms with Gasteiger partial charge in [-0.05, 0) is 32.8 Å². The van der Waals surface area contributed by atoms with Gasteiger partial charge in [0.1, 0.15) is 0 Å². The lowest BCUT2D eigenvalue weighted by Crippen LogP contribution is -2.47. The van der Waals surface area contributed by atoms with Crippen LogP contribution in [0.4, 0.5) is 4.79 Å². The van der Waals surface area contributed by atoms with Crippen LogP contribution < -0.4 is 5.32 Å². The molecule has 0 aromatic heterocycles. The summed E-state index contributed by atoms with van der Waals surface area (Å²) < 4.78 is 0. The molecule has 2 atom stereocenters. The Bertz CT molecular complexity index is 492. The molecule has 0 bridgehead atoms. The van der Waals surface area contributed by atoms with Crippen molar-refractivity contribution in [2.45, 2.75) is 51.9 Å². The SMILES string of the molecule is CCN(C(=O)NC[C@@H]1C[C@H](O)CN1Cc1ccccc1)C(C)C. The Hall–Kier alpha value is -1.59. The van der Waals surface area contributed by atoms with E-state index >= 15 is 0 Å². The summed E-state index contributed by atoms with van der Waals surface area (Å²) in [5.74, 6) is 0. The first kappa shape index (κ1) is 17.8. The third-order valence-corrected chi connectivity index (χ3v) is 4.45. The number of likely N-dealkylation sites (tertiary alicyclic amines) is 1. The number of nitrogens with one attached hydrogen (secondary N) is 1. The van der Waals surface area contributed by atoms with E-state index in [9.17, 15) is 9.90 Å². The highest BCUT2D eigenvalue weighted by molar-refractivity contribution is 5.74. The Labute approximate surface area is 139 Å². The third-order valence-electron chi connectivity index (χ3n) is 4.45. The Morgan fingerprint density at radius 1 is 1.39 bits per heavy atom. The molecule has 0 aliphatic carbocycles. The minimum atomic E-state index is -0.312. The van der Waals surface area contributed by atoms with Gasteiger partial charge in [-0.3, -0.25) is 4.90 Å². The topological polar surface area (TPSA) is 55.8 Å². The number of amides is 2. The van der Waals surface area contributed by atoms with E-state index in [1.54, 1.807) is 0 Å². The summed E-state index contributed by atoms with van der Waals surface area (Å²) in [6.07, 6.45) is 0.397. The minimum absolute atomic E-state index is 0.0245. The zero-order valence-corrected chi connectivity index (χ0v) is 14.4. The third kappa shape index (κ3) is 4.94. The van der Waals surface area contributed by atoms with Crippen molar-refractivity contribution >= 4 is 6.03 Å². The Balaban J connectivity index is 1.91. The molecule has 0 unspecified atom stereocenters. The molecule has 1 aliphatic rings. The van der Waals surface area contributed by atoms with Crippen molar-refractivity contribution in [1.82, 2.24) is 15.1 Å². The number of nitrogens with zero attached hydrogens (tertiary/aromatic N) is 2. The second-order valence-corrected chi connectivity index (χ2v) is 6.52. The standard InChI is InChI=1S/C18H29N3O2/c1-4-21(14(2)3)18(23)19-11-16-10-17(22)13-20(16)12-15-8-6-5-7-9-15/h5-9,14,16-17,22H,4,10-13H2,1-3H3,(H,19,23)/t16-,17-/m0/s1.